The number of thioether (sulfide) groups is 2. The first kappa shape index (κ1) is 49.8. The molecule has 2 atom stereocenters. The van der Waals surface area contributed by atoms with Crippen LogP contribution in [-0.4, -0.2) is 57.4 Å². The molecule has 12 nitrogen and oxygen atoms in total. The van der Waals surface area contributed by atoms with Crippen LogP contribution >= 0.6 is 23.5 Å². The van der Waals surface area contributed by atoms with E-state index in [2.05, 4.69) is 20.6 Å². The number of carboxylic acid groups (broad SMARTS) is 1. The fourth-order valence-corrected chi connectivity index (χ4v) is 9.21. The van der Waals surface area contributed by atoms with Crippen LogP contribution in [0.15, 0.2) is 131 Å². The van der Waals surface area contributed by atoms with Gasteiger partial charge in [0.05, 0.1) is 66.0 Å². The van der Waals surface area contributed by atoms with Crippen LogP contribution in [0.4, 0.5) is 49.4 Å². The van der Waals surface area contributed by atoms with E-state index < -0.39 is 35.4 Å². The minimum absolute atomic E-state index is 0.104. The molecule has 0 fully saturated rings. The van der Waals surface area contributed by atoms with E-state index in [0.29, 0.717) is 39.7 Å². The maximum Gasteiger partial charge on any atom is 0.416 e. The molecule has 6 aromatic rings. The number of fused-ring (bicyclic) bond motifs is 2. The average molecular weight is 989 g/mol. The molecule has 0 saturated carbocycles. The lowest BCUT2D eigenvalue weighted by molar-refractivity contribution is -0.138. The highest BCUT2D eigenvalue weighted by molar-refractivity contribution is 8.00. The quantitative estimate of drug-likeness (QED) is 0.0790. The lowest BCUT2D eigenvalue weighted by atomic mass is 10.1. The molecule has 69 heavy (non-hydrogen) atoms. The number of esters is 1. The molecule has 358 valence electrons. The number of carbonyl (C=O) groups is 4. The predicted octanol–water partition coefficient (Wildman–Crippen LogP) is 11.3. The van der Waals surface area contributed by atoms with E-state index in [1.165, 1.54) is 71.9 Å². The zero-order chi connectivity index (χ0) is 49.6. The Morgan fingerprint density at radius 2 is 1.00 bits per heavy atom. The van der Waals surface area contributed by atoms with Gasteiger partial charge in [-0.05, 0) is 96.8 Å². The number of hydrogen-bond acceptors (Lipinski definition) is 11. The highest BCUT2D eigenvalue weighted by Crippen LogP contribution is 2.43. The maximum absolute atomic E-state index is 12.9. The summed E-state index contributed by atoms with van der Waals surface area (Å²) in [4.78, 5) is 62.1. The summed E-state index contributed by atoms with van der Waals surface area (Å²) in [6.45, 7) is 4.03. The third-order valence-corrected chi connectivity index (χ3v) is 13.1. The molecule has 3 N–H and O–H groups in total. The van der Waals surface area contributed by atoms with Crippen LogP contribution < -0.4 is 20.4 Å². The molecule has 2 amide bonds. The number of amides is 2. The number of methoxy groups -OCH3 is 1. The molecule has 0 bridgehead atoms. The second-order valence-electron chi connectivity index (χ2n) is 15.7. The number of ether oxygens (including phenoxy) is 1. The Hall–Kier alpha value is -7.06. The van der Waals surface area contributed by atoms with E-state index in [1.807, 2.05) is 19.9 Å². The van der Waals surface area contributed by atoms with Crippen molar-refractivity contribution in [3.63, 3.8) is 0 Å². The number of hydrogen-bond donors (Lipinski definition) is 3. The van der Waals surface area contributed by atoms with Gasteiger partial charge in [0.15, 0.2) is 11.6 Å². The summed E-state index contributed by atoms with van der Waals surface area (Å²) in [5.41, 5.74) is 3.14. The number of benzene rings is 4. The number of carboxylic acids is 1. The monoisotopic (exact) mass is 988 g/mol. The number of anilines is 4. The molecule has 0 radical (unpaired) electrons. The Morgan fingerprint density at radius 3 is 1.35 bits per heavy atom. The van der Waals surface area contributed by atoms with Gasteiger partial charge < -0.3 is 30.3 Å². The molecule has 4 heterocycles. The normalized spacial score (nSPS) is 14.4. The Bertz CT molecular complexity index is 2830. The molecule has 2 aliphatic heterocycles. The van der Waals surface area contributed by atoms with Gasteiger partial charge in [0.1, 0.15) is 11.4 Å². The van der Waals surface area contributed by atoms with E-state index in [9.17, 15) is 45.5 Å². The SMILES string of the molecule is COC(=O)c1ccc([C@H](C)Nc2nccc3c2N(Cc2ccc(C(F)(F)F)cc2)C(=O)CS3)cc1.C[C@H](Nc1nccc2c1N(Cc1ccc(C(F)(F)F)cc1)C(=O)CS2)c1ccc(C(=O)O)cc1. The number of halogens is 6. The van der Waals surface area contributed by atoms with Gasteiger partial charge in [-0.2, -0.15) is 26.3 Å². The van der Waals surface area contributed by atoms with Gasteiger partial charge in [0.25, 0.3) is 0 Å². The first-order valence-corrected chi connectivity index (χ1v) is 23.0. The van der Waals surface area contributed by atoms with Gasteiger partial charge >= 0.3 is 24.3 Å². The van der Waals surface area contributed by atoms with Gasteiger partial charge in [0.2, 0.25) is 11.8 Å². The van der Waals surface area contributed by atoms with Crippen molar-refractivity contribution in [2.45, 2.75) is 61.2 Å². The first-order chi connectivity index (χ1) is 32.8. The van der Waals surface area contributed by atoms with Crippen molar-refractivity contribution in [2.24, 2.45) is 0 Å². The minimum atomic E-state index is -4.43. The highest BCUT2D eigenvalue weighted by atomic mass is 32.2. The molecule has 0 saturated heterocycles. The van der Waals surface area contributed by atoms with Crippen molar-refractivity contribution < 1.29 is 55.4 Å². The van der Waals surface area contributed by atoms with Crippen LogP contribution in [0.25, 0.3) is 0 Å². The van der Waals surface area contributed by atoms with E-state index in [-0.39, 0.29) is 54.1 Å². The minimum Gasteiger partial charge on any atom is -0.478 e. The number of nitrogens with one attached hydrogen (secondary N) is 2. The molecule has 8 rings (SSSR count). The average Bonchev–Trinajstić information content (AvgIpc) is 3.33. The molecule has 0 aliphatic carbocycles. The lowest BCUT2D eigenvalue weighted by Gasteiger charge is -2.31. The van der Waals surface area contributed by atoms with E-state index in [1.54, 1.807) is 59.8 Å². The summed E-state index contributed by atoms with van der Waals surface area (Å²) in [6, 6.07) is 26.1. The second-order valence-corrected chi connectivity index (χ2v) is 17.7. The van der Waals surface area contributed by atoms with Crippen LogP contribution in [0.1, 0.15) is 80.0 Å². The molecular formula is C49H42F6N6O6S2. The van der Waals surface area contributed by atoms with E-state index in [4.69, 9.17) is 9.84 Å². The zero-order valence-corrected chi connectivity index (χ0v) is 38.5. The van der Waals surface area contributed by atoms with Gasteiger partial charge in [-0.1, -0.05) is 48.5 Å². The fourth-order valence-electron chi connectivity index (χ4n) is 7.34. The van der Waals surface area contributed by atoms with Crippen molar-refractivity contribution in [1.82, 2.24) is 9.97 Å². The van der Waals surface area contributed by atoms with Crippen molar-refractivity contribution in [3.05, 3.63) is 166 Å². The second kappa shape index (κ2) is 21.1. The fraction of sp³-hybridized carbons (Fsp3) is 0.224. The van der Waals surface area contributed by atoms with E-state index in [0.717, 1.165) is 45.2 Å². The topological polar surface area (TPSA) is 154 Å². The zero-order valence-electron chi connectivity index (χ0n) is 36.9. The molecule has 0 spiro atoms. The Balaban J connectivity index is 0.000000204. The first-order valence-electron chi connectivity index (χ1n) is 21.0. The predicted molar refractivity (Wildman–Crippen MR) is 250 cm³/mol. The molecular weight excluding hydrogens is 947 g/mol. The van der Waals surface area contributed by atoms with Crippen LogP contribution in [0.3, 0.4) is 0 Å². The molecule has 20 heteroatoms. The Labute approximate surface area is 400 Å². The maximum atomic E-state index is 12.9. The lowest BCUT2D eigenvalue weighted by Crippen LogP contribution is -2.35. The summed E-state index contributed by atoms with van der Waals surface area (Å²) in [7, 11) is 1.32. The van der Waals surface area contributed by atoms with E-state index >= 15 is 0 Å². The summed E-state index contributed by atoms with van der Waals surface area (Å²) in [5, 5.41) is 15.7. The van der Waals surface area contributed by atoms with Gasteiger partial charge in [0, 0.05) is 22.2 Å². The number of pyridine rings is 2. The third-order valence-electron chi connectivity index (χ3n) is 11.1. The summed E-state index contributed by atoms with van der Waals surface area (Å²) in [6.07, 6.45) is -5.58. The summed E-state index contributed by atoms with van der Waals surface area (Å²) in [5.74, 6) is -0.393. The standard InChI is InChI=1S/C25H22F3N3O3S.C24H20F3N3O3S/c1-15(17-5-7-18(8-6-17)24(33)34-2)30-23-22-20(11-12-29-23)35-14-21(32)31(22)13-16-3-9-19(10-4-16)25(26,27)28;1-14(16-4-6-17(7-5-16)23(32)33)29-22-21-19(10-11-28-22)34-13-20(31)30(21)12-15-2-8-18(9-3-15)24(25,26)27/h3-12,15H,13-14H2,1-2H3,(H,29,30);2-11,14H,12-13H2,1H3,(H,28,29)(H,32,33)/t15-;14-/m00/s1. The van der Waals surface area contributed by atoms with Crippen molar-refractivity contribution in [1.29, 1.82) is 0 Å². The Kier molecular flexibility index (Phi) is 15.2. The largest absolute Gasteiger partial charge is 0.478 e. The summed E-state index contributed by atoms with van der Waals surface area (Å²) >= 11 is 2.76. The summed E-state index contributed by atoms with van der Waals surface area (Å²) < 4.78 is 82.2. The van der Waals surface area contributed by atoms with Gasteiger partial charge in [-0.15, -0.1) is 23.5 Å². The van der Waals surface area contributed by atoms with Gasteiger partial charge in [-0.25, -0.2) is 19.6 Å². The number of nitrogens with zero attached hydrogens (tertiary/aromatic N) is 4. The van der Waals surface area contributed by atoms with Crippen LogP contribution in [0.5, 0.6) is 0 Å². The number of aromatic nitrogens is 2. The molecule has 2 aliphatic rings. The van der Waals surface area contributed by atoms with Crippen LogP contribution in [0.2, 0.25) is 0 Å². The van der Waals surface area contributed by atoms with Crippen molar-refractivity contribution >= 4 is 70.3 Å². The Morgan fingerprint density at radius 1 is 0.623 bits per heavy atom. The van der Waals surface area contributed by atoms with Crippen molar-refractivity contribution in [3.8, 4) is 0 Å². The van der Waals surface area contributed by atoms with Crippen molar-refractivity contribution in [2.75, 3.05) is 39.0 Å². The van der Waals surface area contributed by atoms with Gasteiger partial charge in [-0.3, -0.25) is 9.59 Å². The molecule has 0 unspecified atom stereocenters. The van der Waals surface area contributed by atoms with Crippen LogP contribution in [-0.2, 0) is 39.8 Å². The number of carbonyl (C=O) groups excluding carboxylic acids is 3. The number of alkyl halides is 6. The smallest absolute Gasteiger partial charge is 0.416 e. The van der Waals surface area contributed by atoms with Crippen LogP contribution in [0, 0.1) is 0 Å². The third kappa shape index (κ3) is 12.0. The molecule has 2 aromatic heterocycles. The number of aromatic carboxylic acids is 1. The molecule has 4 aromatic carbocycles. The highest BCUT2D eigenvalue weighted by Gasteiger charge is 2.33. The number of rotatable bonds is 12.